The lowest BCUT2D eigenvalue weighted by atomic mass is 9.53. The molecule has 4 fully saturated rings. The standard InChI is InChI=1S/C24H40N2O4S/c1-16(27)31-9-7-5-6-8-20(25-22(29)30-23(2,3)4)21(28)26-24-13-17-10-18(14-24)12-19(11-17)15-24/h17-20H,5-15H2,1-4H3,(H,25,29)(H,26,28)/t17?,18?,19?,20-,24?/m0/s1. The Bertz CT molecular complexity index is 638. The lowest BCUT2D eigenvalue weighted by Crippen LogP contribution is -2.62. The van der Waals surface area contributed by atoms with Gasteiger partial charge in [0.2, 0.25) is 5.91 Å². The highest BCUT2D eigenvalue weighted by atomic mass is 32.2. The number of thioether (sulfide) groups is 1. The Kier molecular flexibility index (Phi) is 7.98. The minimum absolute atomic E-state index is 0.0640. The minimum Gasteiger partial charge on any atom is -0.444 e. The molecular formula is C24H40N2O4S. The van der Waals surface area contributed by atoms with Crippen LogP contribution in [0.1, 0.15) is 91.9 Å². The normalized spacial score (nSPS) is 30.0. The van der Waals surface area contributed by atoms with E-state index in [4.69, 9.17) is 4.74 Å². The van der Waals surface area contributed by atoms with Gasteiger partial charge in [0, 0.05) is 18.2 Å². The molecule has 2 amide bonds. The Hall–Kier alpha value is -1.24. The summed E-state index contributed by atoms with van der Waals surface area (Å²) in [6, 6.07) is -0.580. The number of unbranched alkanes of at least 4 members (excludes halogenated alkanes) is 2. The SMILES string of the molecule is CC(=O)SCCCCC[C@H](NC(=O)OC(C)(C)C)C(=O)NC12CC3CC(CC(C3)C1)C2. The van der Waals surface area contributed by atoms with Gasteiger partial charge in [-0.05, 0) is 89.9 Å². The van der Waals surface area contributed by atoms with Crippen molar-refractivity contribution in [2.75, 3.05) is 5.75 Å². The first kappa shape index (κ1) is 24.4. The summed E-state index contributed by atoms with van der Waals surface area (Å²) in [6.07, 6.45) is 9.98. The molecule has 4 rings (SSSR count). The number of hydrogen-bond donors (Lipinski definition) is 2. The third-order valence-electron chi connectivity index (χ3n) is 6.88. The van der Waals surface area contributed by atoms with Gasteiger partial charge in [-0.15, -0.1) is 0 Å². The molecule has 0 aliphatic heterocycles. The number of nitrogens with one attached hydrogen (secondary N) is 2. The van der Waals surface area contributed by atoms with E-state index in [0.29, 0.717) is 6.42 Å². The second-order valence-electron chi connectivity index (χ2n) is 11.1. The molecule has 0 unspecified atom stereocenters. The van der Waals surface area contributed by atoms with Gasteiger partial charge in [0.1, 0.15) is 11.6 Å². The highest BCUT2D eigenvalue weighted by Gasteiger charge is 2.51. The van der Waals surface area contributed by atoms with Crippen molar-refractivity contribution >= 4 is 28.9 Å². The average molecular weight is 453 g/mol. The fourth-order valence-corrected chi connectivity index (χ4v) is 6.81. The Balaban J connectivity index is 1.56. The van der Waals surface area contributed by atoms with Gasteiger partial charge in [-0.2, -0.15) is 0 Å². The molecule has 6 nitrogen and oxygen atoms in total. The second-order valence-corrected chi connectivity index (χ2v) is 12.3. The first-order chi connectivity index (χ1) is 14.5. The van der Waals surface area contributed by atoms with E-state index in [1.165, 1.54) is 31.0 Å². The highest BCUT2D eigenvalue weighted by Crippen LogP contribution is 2.55. The summed E-state index contributed by atoms with van der Waals surface area (Å²) in [5.74, 6) is 3.00. The van der Waals surface area contributed by atoms with E-state index in [2.05, 4.69) is 10.6 Å². The van der Waals surface area contributed by atoms with Crippen LogP contribution in [0.4, 0.5) is 4.79 Å². The molecule has 2 N–H and O–H groups in total. The van der Waals surface area contributed by atoms with Gasteiger partial charge in [-0.1, -0.05) is 24.6 Å². The molecule has 0 radical (unpaired) electrons. The van der Waals surface area contributed by atoms with Crippen molar-refractivity contribution in [1.29, 1.82) is 0 Å². The van der Waals surface area contributed by atoms with Crippen molar-refractivity contribution < 1.29 is 19.1 Å². The number of carbonyl (C=O) groups is 3. The van der Waals surface area contributed by atoms with Crippen LogP contribution < -0.4 is 10.6 Å². The molecule has 4 aliphatic rings. The van der Waals surface area contributed by atoms with Crippen molar-refractivity contribution in [2.45, 2.75) is 109 Å². The van der Waals surface area contributed by atoms with Crippen LogP contribution in [0.2, 0.25) is 0 Å². The lowest BCUT2D eigenvalue weighted by Gasteiger charge is -2.57. The van der Waals surface area contributed by atoms with Crippen LogP contribution in [0.25, 0.3) is 0 Å². The summed E-state index contributed by atoms with van der Waals surface area (Å²) in [7, 11) is 0. The van der Waals surface area contributed by atoms with Gasteiger partial charge in [-0.3, -0.25) is 9.59 Å². The number of rotatable bonds is 9. The molecule has 31 heavy (non-hydrogen) atoms. The number of alkyl carbamates (subject to hydrolysis) is 1. The molecule has 176 valence electrons. The summed E-state index contributed by atoms with van der Waals surface area (Å²) in [5, 5.41) is 6.37. The molecule has 0 spiro atoms. The zero-order valence-electron chi connectivity index (χ0n) is 19.6. The Morgan fingerprint density at radius 3 is 2.10 bits per heavy atom. The fraction of sp³-hybridized carbons (Fsp3) is 0.875. The molecule has 4 aliphatic carbocycles. The van der Waals surface area contributed by atoms with E-state index in [1.54, 1.807) is 6.92 Å². The first-order valence-corrected chi connectivity index (χ1v) is 13.0. The van der Waals surface area contributed by atoms with Gasteiger partial charge in [0.15, 0.2) is 5.12 Å². The number of ether oxygens (including phenoxy) is 1. The predicted molar refractivity (Wildman–Crippen MR) is 124 cm³/mol. The summed E-state index contributed by atoms with van der Waals surface area (Å²) >= 11 is 1.34. The van der Waals surface area contributed by atoms with Crippen LogP contribution >= 0.6 is 11.8 Å². The van der Waals surface area contributed by atoms with E-state index < -0.39 is 17.7 Å². The van der Waals surface area contributed by atoms with Crippen molar-refractivity contribution in [3.8, 4) is 0 Å². The van der Waals surface area contributed by atoms with Crippen molar-refractivity contribution in [2.24, 2.45) is 17.8 Å². The van der Waals surface area contributed by atoms with Gasteiger partial charge in [0.05, 0.1) is 0 Å². The maximum Gasteiger partial charge on any atom is 0.408 e. The monoisotopic (exact) mass is 452 g/mol. The van der Waals surface area contributed by atoms with Crippen molar-refractivity contribution in [1.82, 2.24) is 10.6 Å². The molecule has 7 heteroatoms. The molecular weight excluding hydrogens is 412 g/mol. The van der Waals surface area contributed by atoms with E-state index in [-0.39, 0.29) is 16.6 Å². The molecule has 0 saturated heterocycles. The third-order valence-corrected chi connectivity index (χ3v) is 7.78. The summed E-state index contributed by atoms with van der Waals surface area (Å²) < 4.78 is 5.41. The van der Waals surface area contributed by atoms with Crippen molar-refractivity contribution in [3.63, 3.8) is 0 Å². The first-order valence-electron chi connectivity index (χ1n) is 12.0. The number of carbonyl (C=O) groups excluding carboxylic acids is 3. The predicted octanol–water partition coefficient (Wildman–Crippen LogP) is 4.80. The van der Waals surface area contributed by atoms with Crippen LogP contribution in [0.3, 0.4) is 0 Å². The maximum absolute atomic E-state index is 13.3. The van der Waals surface area contributed by atoms with Crippen LogP contribution in [0.5, 0.6) is 0 Å². The molecule has 0 aromatic carbocycles. The molecule has 4 bridgehead atoms. The summed E-state index contributed by atoms with van der Waals surface area (Å²) in [6.45, 7) is 7.05. The second kappa shape index (κ2) is 10.1. The van der Waals surface area contributed by atoms with Crippen LogP contribution in [-0.2, 0) is 14.3 Å². The van der Waals surface area contributed by atoms with E-state index >= 15 is 0 Å². The Morgan fingerprint density at radius 2 is 1.58 bits per heavy atom. The largest absolute Gasteiger partial charge is 0.444 e. The third kappa shape index (κ3) is 7.40. The average Bonchev–Trinajstić information content (AvgIpc) is 2.60. The topological polar surface area (TPSA) is 84.5 Å². The molecule has 1 atom stereocenters. The maximum atomic E-state index is 13.3. The Labute approximate surface area is 191 Å². The molecule has 4 saturated carbocycles. The minimum atomic E-state index is -0.602. The van der Waals surface area contributed by atoms with E-state index in [9.17, 15) is 14.4 Å². The smallest absolute Gasteiger partial charge is 0.408 e. The number of amides is 2. The van der Waals surface area contributed by atoms with E-state index in [0.717, 1.165) is 62.0 Å². The lowest BCUT2D eigenvalue weighted by molar-refractivity contribution is -0.129. The fourth-order valence-electron chi connectivity index (χ4n) is 6.17. The summed E-state index contributed by atoms with van der Waals surface area (Å²) in [4.78, 5) is 36.8. The quantitative estimate of drug-likeness (QED) is 0.491. The van der Waals surface area contributed by atoms with Crippen LogP contribution in [-0.4, -0.2) is 40.1 Å². The van der Waals surface area contributed by atoms with Crippen molar-refractivity contribution in [3.05, 3.63) is 0 Å². The van der Waals surface area contributed by atoms with E-state index in [1.807, 2.05) is 20.8 Å². The highest BCUT2D eigenvalue weighted by molar-refractivity contribution is 8.13. The van der Waals surface area contributed by atoms with Crippen LogP contribution in [0, 0.1) is 17.8 Å². The molecule has 0 aromatic heterocycles. The summed E-state index contributed by atoms with van der Waals surface area (Å²) in [5.41, 5.74) is -0.674. The van der Waals surface area contributed by atoms with Gasteiger partial charge in [-0.25, -0.2) is 4.79 Å². The zero-order chi connectivity index (χ0) is 22.6. The zero-order valence-corrected chi connectivity index (χ0v) is 20.4. The van der Waals surface area contributed by atoms with Gasteiger partial charge >= 0.3 is 6.09 Å². The van der Waals surface area contributed by atoms with Gasteiger partial charge < -0.3 is 15.4 Å². The molecule has 0 aromatic rings. The Morgan fingerprint density at radius 1 is 1.00 bits per heavy atom. The number of hydrogen-bond acceptors (Lipinski definition) is 5. The van der Waals surface area contributed by atoms with Crippen LogP contribution in [0.15, 0.2) is 0 Å². The molecule has 0 heterocycles. The van der Waals surface area contributed by atoms with Gasteiger partial charge in [0.25, 0.3) is 0 Å².